The molecule has 0 amide bonds. The van der Waals surface area contributed by atoms with E-state index in [-0.39, 0.29) is 16.9 Å². The number of phenolic OH excluding ortho intramolecular Hbond substituents is 1. The summed E-state index contributed by atoms with van der Waals surface area (Å²) >= 11 is 0. The van der Waals surface area contributed by atoms with E-state index in [2.05, 4.69) is 10.2 Å². The van der Waals surface area contributed by atoms with Gasteiger partial charge in [0.25, 0.3) is 5.56 Å². The van der Waals surface area contributed by atoms with Crippen LogP contribution in [0.4, 0.5) is 0 Å². The summed E-state index contributed by atoms with van der Waals surface area (Å²) in [5.41, 5.74) is -0.401. The highest BCUT2D eigenvalue weighted by Crippen LogP contribution is 2.17. The van der Waals surface area contributed by atoms with E-state index in [1.165, 1.54) is 18.3 Å². The number of aromatic hydroxyl groups is 1. The Kier molecular flexibility index (Phi) is 2.13. The molecule has 76 valence electrons. The van der Waals surface area contributed by atoms with E-state index in [4.69, 9.17) is 0 Å². The first-order valence-corrected chi connectivity index (χ1v) is 4.29. The highest BCUT2D eigenvalue weighted by Gasteiger charge is 2.16. The molecule has 3 N–H and O–H groups in total. The van der Waals surface area contributed by atoms with Gasteiger partial charge in [-0.3, -0.25) is 14.7 Å². The molecule has 0 aliphatic carbocycles. The number of benzene rings is 1. The van der Waals surface area contributed by atoms with Crippen molar-refractivity contribution in [1.82, 2.24) is 10.2 Å². The lowest BCUT2D eigenvalue weighted by Crippen LogP contribution is -2.13. The highest BCUT2D eigenvalue weighted by molar-refractivity contribution is 6.10. The molecular formula is C10H8N2O3. The fourth-order valence-corrected chi connectivity index (χ4v) is 1.29. The van der Waals surface area contributed by atoms with E-state index in [0.717, 1.165) is 0 Å². The Balaban J connectivity index is 2.51. The third-order valence-electron chi connectivity index (χ3n) is 2.04. The molecule has 2 rings (SSSR count). The number of hydrogen-bond acceptors (Lipinski definition) is 3. The molecule has 5 heteroatoms. The lowest BCUT2D eigenvalue weighted by atomic mass is 10.1. The average Bonchev–Trinajstić information content (AvgIpc) is 2.64. The molecule has 0 saturated heterocycles. The van der Waals surface area contributed by atoms with Gasteiger partial charge in [0.1, 0.15) is 11.3 Å². The number of hydrogen-bond donors (Lipinski definition) is 3. The summed E-state index contributed by atoms with van der Waals surface area (Å²) in [7, 11) is 0. The largest absolute Gasteiger partial charge is 0.507 e. The molecule has 2 aromatic rings. The molecule has 0 radical (unpaired) electrons. The van der Waals surface area contributed by atoms with Crippen LogP contribution in [0.5, 0.6) is 5.75 Å². The van der Waals surface area contributed by atoms with Gasteiger partial charge >= 0.3 is 0 Å². The van der Waals surface area contributed by atoms with E-state index in [0.29, 0.717) is 0 Å². The minimum atomic E-state index is -0.504. The normalized spacial score (nSPS) is 10.1. The fourth-order valence-electron chi connectivity index (χ4n) is 1.29. The van der Waals surface area contributed by atoms with Crippen LogP contribution in [0.15, 0.2) is 35.3 Å². The zero-order chi connectivity index (χ0) is 10.8. The number of carbonyl (C=O) groups excluding carboxylic acids is 1. The quantitative estimate of drug-likeness (QED) is 0.627. The molecular weight excluding hydrogens is 196 g/mol. The average molecular weight is 204 g/mol. The van der Waals surface area contributed by atoms with Crippen molar-refractivity contribution >= 4 is 5.78 Å². The summed E-state index contributed by atoms with van der Waals surface area (Å²) in [4.78, 5) is 22.9. The van der Waals surface area contributed by atoms with Crippen LogP contribution in [0.1, 0.15) is 15.9 Å². The van der Waals surface area contributed by atoms with Crippen molar-refractivity contribution < 1.29 is 9.90 Å². The van der Waals surface area contributed by atoms with Gasteiger partial charge < -0.3 is 10.2 Å². The molecule has 1 aromatic heterocycles. The SMILES string of the molecule is O=C(c1ccccc1O)c1c[nH][nH]c1=O. The van der Waals surface area contributed by atoms with Crippen molar-refractivity contribution in [3.8, 4) is 5.75 Å². The van der Waals surface area contributed by atoms with Crippen LogP contribution in [0, 0.1) is 0 Å². The van der Waals surface area contributed by atoms with Crippen LogP contribution in [0.3, 0.4) is 0 Å². The second kappa shape index (κ2) is 3.45. The number of rotatable bonds is 2. The number of nitrogens with one attached hydrogen (secondary N) is 2. The van der Waals surface area contributed by atoms with E-state index in [1.807, 2.05) is 0 Å². The Bertz CT molecular complexity index is 554. The minimum absolute atomic E-state index is 0.0171. The van der Waals surface area contributed by atoms with Gasteiger partial charge in [0, 0.05) is 6.20 Å². The Labute approximate surface area is 84.4 Å². The van der Waals surface area contributed by atoms with Gasteiger partial charge in [-0.1, -0.05) is 12.1 Å². The standard InChI is InChI=1S/C10H8N2O3/c13-8-4-2-1-3-6(8)9(14)7-5-11-12-10(7)15/h1-5,13H,(H2,11,12,15). The summed E-state index contributed by atoms with van der Waals surface area (Å²) in [6.07, 6.45) is 1.27. The van der Waals surface area contributed by atoms with Gasteiger partial charge in [0.2, 0.25) is 5.78 Å². The Morgan fingerprint density at radius 1 is 1.20 bits per heavy atom. The first-order chi connectivity index (χ1) is 7.20. The maximum absolute atomic E-state index is 11.7. The van der Waals surface area contributed by atoms with Crippen LogP contribution >= 0.6 is 0 Å². The molecule has 0 bridgehead atoms. The van der Waals surface area contributed by atoms with Gasteiger partial charge in [-0.2, -0.15) is 0 Å². The third kappa shape index (κ3) is 1.54. The second-order valence-corrected chi connectivity index (χ2v) is 3.00. The topological polar surface area (TPSA) is 85.9 Å². The molecule has 0 spiro atoms. The fraction of sp³-hybridized carbons (Fsp3) is 0. The summed E-state index contributed by atoms with van der Waals surface area (Å²) in [6, 6.07) is 6.08. The maximum Gasteiger partial charge on any atom is 0.275 e. The number of para-hydroxylation sites is 1. The maximum atomic E-state index is 11.7. The zero-order valence-electron chi connectivity index (χ0n) is 7.65. The minimum Gasteiger partial charge on any atom is -0.507 e. The van der Waals surface area contributed by atoms with E-state index < -0.39 is 11.3 Å². The first kappa shape index (κ1) is 9.26. The molecule has 1 heterocycles. The molecule has 5 nitrogen and oxygen atoms in total. The number of H-pyrrole nitrogens is 2. The third-order valence-corrected chi connectivity index (χ3v) is 2.04. The van der Waals surface area contributed by atoms with Crippen LogP contribution < -0.4 is 5.56 Å². The second-order valence-electron chi connectivity index (χ2n) is 3.00. The summed E-state index contributed by atoms with van der Waals surface area (Å²) < 4.78 is 0. The Morgan fingerprint density at radius 2 is 1.93 bits per heavy atom. The molecule has 0 aliphatic heterocycles. The molecule has 0 aliphatic rings. The van der Waals surface area contributed by atoms with Crippen LogP contribution in [0.25, 0.3) is 0 Å². The number of aromatic amines is 2. The van der Waals surface area contributed by atoms with Gasteiger partial charge in [-0.05, 0) is 12.1 Å². The van der Waals surface area contributed by atoms with Crippen molar-refractivity contribution in [2.75, 3.05) is 0 Å². The lowest BCUT2D eigenvalue weighted by Gasteiger charge is -1.99. The molecule has 0 saturated carbocycles. The van der Waals surface area contributed by atoms with Crippen molar-refractivity contribution in [2.45, 2.75) is 0 Å². The van der Waals surface area contributed by atoms with Crippen molar-refractivity contribution in [3.05, 3.63) is 51.9 Å². The summed E-state index contributed by atoms with van der Waals surface area (Å²) in [5.74, 6) is -0.640. The number of ketones is 1. The number of aromatic nitrogens is 2. The summed E-state index contributed by atoms with van der Waals surface area (Å²) in [5, 5.41) is 14.1. The van der Waals surface area contributed by atoms with Gasteiger partial charge in [0.15, 0.2) is 0 Å². The molecule has 0 fully saturated rings. The van der Waals surface area contributed by atoms with Crippen molar-refractivity contribution in [3.63, 3.8) is 0 Å². The van der Waals surface area contributed by atoms with Gasteiger partial charge in [-0.25, -0.2) is 0 Å². The van der Waals surface area contributed by atoms with Gasteiger partial charge in [-0.15, -0.1) is 0 Å². The lowest BCUT2D eigenvalue weighted by molar-refractivity contribution is 0.103. The Hall–Kier alpha value is -2.30. The monoisotopic (exact) mass is 204 g/mol. The highest BCUT2D eigenvalue weighted by atomic mass is 16.3. The molecule has 15 heavy (non-hydrogen) atoms. The van der Waals surface area contributed by atoms with Crippen LogP contribution in [-0.2, 0) is 0 Å². The van der Waals surface area contributed by atoms with Crippen molar-refractivity contribution in [2.24, 2.45) is 0 Å². The predicted octanol–water partition coefficient (Wildman–Crippen LogP) is 0.640. The van der Waals surface area contributed by atoms with E-state index in [1.54, 1.807) is 12.1 Å². The predicted molar refractivity (Wildman–Crippen MR) is 53.0 cm³/mol. The van der Waals surface area contributed by atoms with E-state index >= 15 is 0 Å². The molecule has 0 unspecified atom stereocenters. The smallest absolute Gasteiger partial charge is 0.275 e. The first-order valence-electron chi connectivity index (χ1n) is 4.29. The molecule has 0 atom stereocenters. The van der Waals surface area contributed by atoms with Crippen LogP contribution in [0.2, 0.25) is 0 Å². The summed E-state index contributed by atoms with van der Waals surface area (Å²) in [6.45, 7) is 0. The van der Waals surface area contributed by atoms with Crippen LogP contribution in [-0.4, -0.2) is 21.1 Å². The Morgan fingerprint density at radius 3 is 2.53 bits per heavy atom. The van der Waals surface area contributed by atoms with Crippen molar-refractivity contribution in [1.29, 1.82) is 0 Å². The molecule has 1 aromatic carbocycles. The number of carbonyl (C=O) groups is 1. The zero-order valence-corrected chi connectivity index (χ0v) is 7.65. The van der Waals surface area contributed by atoms with Gasteiger partial charge in [0.05, 0.1) is 5.56 Å². The number of phenols is 1. The van der Waals surface area contributed by atoms with E-state index in [9.17, 15) is 14.7 Å².